The summed E-state index contributed by atoms with van der Waals surface area (Å²) in [4.78, 5) is 36.8. The van der Waals surface area contributed by atoms with Crippen LogP contribution in [0.25, 0.3) is 0 Å². The van der Waals surface area contributed by atoms with Gasteiger partial charge >= 0.3 is 0 Å². The highest BCUT2D eigenvalue weighted by molar-refractivity contribution is 6.34. The van der Waals surface area contributed by atoms with Crippen LogP contribution in [0.3, 0.4) is 0 Å². The fraction of sp³-hybridized carbons (Fsp3) is 0.389. The molecule has 0 aliphatic heterocycles. The first-order chi connectivity index (χ1) is 13.3. The van der Waals surface area contributed by atoms with Gasteiger partial charge in [-0.15, -0.1) is 0 Å². The van der Waals surface area contributed by atoms with Gasteiger partial charge in [0.25, 0.3) is 11.6 Å². The van der Waals surface area contributed by atoms with Crippen molar-refractivity contribution in [3.8, 4) is 0 Å². The van der Waals surface area contributed by atoms with Gasteiger partial charge in [-0.2, -0.15) is 0 Å². The average molecular weight is 409 g/mol. The van der Waals surface area contributed by atoms with Gasteiger partial charge in [0.1, 0.15) is 12.3 Å². The molecular formula is C18H21ClN4O5. The van der Waals surface area contributed by atoms with Gasteiger partial charge in [-0.1, -0.05) is 36.5 Å². The molecule has 2 rings (SSSR count). The van der Waals surface area contributed by atoms with Gasteiger partial charge in [0, 0.05) is 24.7 Å². The lowest BCUT2D eigenvalue weighted by atomic mass is 10.1. The standard InChI is InChI=1S/C18H21ClN4O5/c1-3-4-5-8-22(11-17(24)20-16-9-12(2)28-21-16)18(25)14-7-6-13(23(26)27)10-15(14)19/h6-7,9-10H,3-5,8,11H2,1-2H3,(H,20,21,24). The predicted molar refractivity (Wildman–Crippen MR) is 103 cm³/mol. The number of nitro benzene ring substituents is 1. The number of nitrogens with zero attached hydrogens (tertiary/aromatic N) is 3. The van der Waals surface area contributed by atoms with Crippen molar-refractivity contribution in [2.24, 2.45) is 0 Å². The van der Waals surface area contributed by atoms with Crippen molar-refractivity contribution in [2.75, 3.05) is 18.4 Å². The van der Waals surface area contributed by atoms with Crippen LogP contribution in [0.1, 0.15) is 42.3 Å². The first kappa shape index (κ1) is 21.4. The number of aryl methyl sites for hydroxylation is 1. The fourth-order valence-corrected chi connectivity index (χ4v) is 2.80. The van der Waals surface area contributed by atoms with Crippen molar-refractivity contribution >= 4 is 34.9 Å². The molecule has 0 unspecified atom stereocenters. The van der Waals surface area contributed by atoms with Crippen LogP contribution in [-0.4, -0.2) is 39.9 Å². The SMILES string of the molecule is CCCCCN(CC(=O)Nc1cc(C)on1)C(=O)c1ccc([N+](=O)[O-])cc1Cl. The minimum atomic E-state index is -0.591. The maximum absolute atomic E-state index is 12.9. The Hall–Kier alpha value is -2.94. The van der Waals surface area contributed by atoms with Crippen molar-refractivity contribution < 1.29 is 19.0 Å². The van der Waals surface area contributed by atoms with E-state index in [-0.39, 0.29) is 28.6 Å². The number of amides is 2. The number of rotatable bonds is 9. The average Bonchev–Trinajstić information content (AvgIpc) is 3.04. The number of hydrogen-bond acceptors (Lipinski definition) is 6. The number of benzene rings is 1. The Kier molecular flexibility index (Phi) is 7.51. The highest BCUT2D eigenvalue weighted by Gasteiger charge is 2.22. The monoisotopic (exact) mass is 408 g/mol. The summed E-state index contributed by atoms with van der Waals surface area (Å²) in [5, 5.41) is 17.1. The van der Waals surface area contributed by atoms with Crippen LogP contribution in [0, 0.1) is 17.0 Å². The molecule has 1 aromatic carbocycles. The number of nitrogens with one attached hydrogen (secondary N) is 1. The molecule has 0 spiro atoms. The van der Waals surface area contributed by atoms with Crippen LogP contribution in [0.15, 0.2) is 28.8 Å². The quantitative estimate of drug-likeness (QED) is 0.382. The summed E-state index contributed by atoms with van der Waals surface area (Å²) >= 11 is 6.07. The molecule has 0 aliphatic carbocycles. The van der Waals surface area contributed by atoms with E-state index < -0.39 is 16.7 Å². The second-order valence-electron chi connectivity index (χ2n) is 6.23. The maximum atomic E-state index is 12.9. The van der Waals surface area contributed by atoms with Crippen molar-refractivity contribution in [3.63, 3.8) is 0 Å². The van der Waals surface area contributed by atoms with Gasteiger partial charge < -0.3 is 14.7 Å². The van der Waals surface area contributed by atoms with Crippen molar-refractivity contribution in [3.05, 3.63) is 50.7 Å². The van der Waals surface area contributed by atoms with E-state index in [9.17, 15) is 19.7 Å². The molecule has 0 saturated carbocycles. The second kappa shape index (κ2) is 9.84. The van der Waals surface area contributed by atoms with E-state index in [4.69, 9.17) is 16.1 Å². The Bertz CT molecular complexity index is 867. The van der Waals surface area contributed by atoms with Crippen LogP contribution in [0.2, 0.25) is 5.02 Å². The number of anilines is 1. The lowest BCUT2D eigenvalue weighted by molar-refractivity contribution is -0.384. The molecular weight excluding hydrogens is 388 g/mol. The van der Waals surface area contributed by atoms with Crippen LogP contribution in [0.5, 0.6) is 0 Å². The zero-order chi connectivity index (χ0) is 20.7. The minimum absolute atomic E-state index is 0.0350. The molecule has 150 valence electrons. The van der Waals surface area contributed by atoms with Crippen molar-refractivity contribution in [2.45, 2.75) is 33.1 Å². The van der Waals surface area contributed by atoms with Gasteiger partial charge in [-0.25, -0.2) is 0 Å². The molecule has 0 atom stereocenters. The molecule has 1 N–H and O–H groups in total. The smallest absolute Gasteiger partial charge is 0.270 e. The van der Waals surface area contributed by atoms with Gasteiger partial charge in [0.2, 0.25) is 5.91 Å². The number of halogens is 1. The molecule has 10 heteroatoms. The summed E-state index contributed by atoms with van der Waals surface area (Å²) in [7, 11) is 0. The van der Waals surface area contributed by atoms with Crippen LogP contribution < -0.4 is 5.32 Å². The summed E-state index contributed by atoms with van der Waals surface area (Å²) < 4.78 is 4.90. The number of aromatic nitrogens is 1. The highest BCUT2D eigenvalue weighted by Crippen LogP contribution is 2.24. The summed E-state index contributed by atoms with van der Waals surface area (Å²) in [5.41, 5.74) is -0.105. The molecule has 0 aliphatic rings. The van der Waals surface area contributed by atoms with E-state index >= 15 is 0 Å². The van der Waals surface area contributed by atoms with E-state index in [1.807, 2.05) is 6.92 Å². The Labute approximate surface area is 166 Å². The van der Waals surface area contributed by atoms with Gasteiger partial charge in [0.15, 0.2) is 5.82 Å². The topological polar surface area (TPSA) is 119 Å². The van der Waals surface area contributed by atoms with Gasteiger partial charge in [0.05, 0.1) is 15.5 Å². The number of non-ortho nitro benzene ring substituents is 1. The molecule has 0 saturated heterocycles. The summed E-state index contributed by atoms with van der Waals surface area (Å²) in [5.74, 6) is -0.0978. The molecule has 0 bridgehead atoms. The third kappa shape index (κ3) is 5.78. The van der Waals surface area contributed by atoms with E-state index in [0.29, 0.717) is 18.7 Å². The molecule has 0 radical (unpaired) electrons. The Balaban J connectivity index is 2.15. The van der Waals surface area contributed by atoms with Crippen molar-refractivity contribution in [1.29, 1.82) is 0 Å². The van der Waals surface area contributed by atoms with E-state index in [1.165, 1.54) is 17.0 Å². The lowest BCUT2D eigenvalue weighted by Gasteiger charge is -2.22. The number of hydrogen-bond donors (Lipinski definition) is 1. The molecule has 1 aromatic heterocycles. The fourth-order valence-electron chi connectivity index (χ4n) is 2.55. The largest absolute Gasteiger partial charge is 0.360 e. The molecule has 9 nitrogen and oxygen atoms in total. The lowest BCUT2D eigenvalue weighted by Crippen LogP contribution is -2.38. The number of nitro groups is 1. The van der Waals surface area contributed by atoms with Crippen LogP contribution >= 0.6 is 11.6 Å². The van der Waals surface area contributed by atoms with Gasteiger partial charge in [-0.05, 0) is 19.4 Å². The third-order valence-corrected chi connectivity index (χ3v) is 4.26. The first-order valence-electron chi connectivity index (χ1n) is 8.78. The second-order valence-corrected chi connectivity index (χ2v) is 6.63. The molecule has 2 aromatic rings. The first-order valence-corrected chi connectivity index (χ1v) is 9.16. The van der Waals surface area contributed by atoms with E-state index in [2.05, 4.69) is 10.5 Å². The normalized spacial score (nSPS) is 10.5. The third-order valence-electron chi connectivity index (χ3n) is 3.94. The Morgan fingerprint density at radius 1 is 1.32 bits per heavy atom. The van der Waals surface area contributed by atoms with Gasteiger partial charge in [-0.3, -0.25) is 19.7 Å². The Morgan fingerprint density at radius 2 is 2.07 bits per heavy atom. The molecule has 1 heterocycles. The molecule has 2 amide bonds. The van der Waals surface area contributed by atoms with E-state index in [0.717, 1.165) is 18.9 Å². The van der Waals surface area contributed by atoms with E-state index in [1.54, 1.807) is 13.0 Å². The predicted octanol–water partition coefficient (Wildman–Crippen LogP) is 3.82. The molecule has 0 fully saturated rings. The zero-order valence-electron chi connectivity index (χ0n) is 15.6. The number of unbranched alkanes of at least 4 members (excludes halogenated alkanes) is 2. The number of carbonyl (C=O) groups excluding carboxylic acids is 2. The molecule has 28 heavy (non-hydrogen) atoms. The summed E-state index contributed by atoms with van der Waals surface area (Å²) in [6.07, 6.45) is 2.55. The van der Waals surface area contributed by atoms with Crippen molar-refractivity contribution in [1.82, 2.24) is 10.1 Å². The zero-order valence-corrected chi connectivity index (χ0v) is 16.4. The Morgan fingerprint density at radius 3 is 2.64 bits per heavy atom. The number of carbonyl (C=O) groups is 2. The summed E-state index contributed by atoms with van der Waals surface area (Å²) in [6.45, 7) is 3.87. The van der Waals surface area contributed by atoms with Crippen LogP contribution in [0.4, 0.5) is 11.5 Å². The highest BCUT2D eigenvalue weighted by atomic mass is 35.5. The maximum Gasteiger partial charge on any atom is 0.270 e. The summed E-state index contributed by atoms with van der Waals surface area (Å²) in [6, 6.07) is 5.20. The van der Waals surface area contributed by atoms with Crippen LogP contribution in [-0.2, 0) is 4.79 Å². The minimum Gasteiger partial charge on any atom is -0.360 e.